The Labute approximate surface area is 108 Å². The standard InChI is InChI=1S/C13H12FN3O2/c1-17-7-11(14)4-10(13(17)19)2-3-12-15-5-9(8-18)6-16-12/h4-8H,2-3H2,1H3. The quantitative estimate of drug-likeness (QED) is 0.767. The molecule has 0 amide bonds. The van der Waals surface area contributed by atoms with Gasteiger partial charge in [0.1, 0.15) is 11.6 Å². The van der Waals surface area contributed by atoms with Crippen molar-refractivity contribution in [2.75, 3.05) is 0 Å². The largest absolute Gasteiger partial charge is 0.315 e. The molecule has 0 aliphatic heterocycles. The molecule has 0 fully saturated rings. The molecule has 0 atom stereocenters. The van der Waals surface area contributed by atoms with Gasteiger partial charge < -0.3 is 4.57 Å². The number of aromatic nitrogens is 3. The van der Waals surface area contributed by atoms with E-state index < -0.39 is 5.82 Å². The predicted molar refractivity (Wildman–Crippen MR) is 66.5 cm³/mol. The molecule has 0 saturated heterocycles. The van der Waals surface area contributed by atoms with E-state index >= 15 is 0 Å². The number of hydrogen-bond donors (Lipinski definition) is 0. The summed E-state index contributed by atoms with van der Waals surface area (Å²) in [5.74, 6) is 0.0613. The molecule has 0 N–H and O–H groups in total. The minimum Gasteiger partial charge on any atom is -0.315 e. The minimum atomic E-state index is -0.450. The molecule has 5 nitrogen and oxygen atoms in total. The van der Waals surface area contributed by atoms with Crippen LogP contribution in [-0.2, 0) is 19.9 Å². The molecular weight excluding hydrogens is 249 g/mol. The van der Waals surface area contributed by atoms with E-state index in [1.54, 1.807) is 0 Å². The molecule has 2 rings (SSSR count). The van der Waals surface area contributed by atoms with Crippen molar-refractivity contribution in [3.63, 3.8) is 0 Å². The van der Waals surface area contributed by atoms with E-state index in [2.05, 4.69) is 9.97 Å². The van der Waals surface area contributed by atoms with Gasteiger partial charge in [0.2, 0.25) is 0 Å². The first kappa shape index (κ1) is 13.1. The van der Waals surface area contributed by atoms with E-state index in [4.69, 9.17) is 0 Å². The Morgan fingerprint density at radius 3 is 2.63 bits per heavy atom. The van der Waals surface area contributed by atoms with E-state index in [-0.39, 0.29) is 5.56 Å². The molecule has 0 bridgehead atoms. The maximum atomic E-state index is 13.2. The summed E-state index contributed by atoms with van der Waals surface area (Å²) in [5.41, 5.74) is 0.543. The zero-order valence-electron chi connectivity index (χ0n) is 10.3. The summed E-state index contributed by atoms with van der Waals surface area (Å²) < 4.78 is 14.4. The van der Waals surface area contributed by atoms with Crippen molar-refractivity contribution in [1.29, 1.82) is 0 Å². The SMILES string of the molecule is Cn1cc(F)cc(CCc2ncc(C=O)cn2)c1=O. The Balaban J connectivity index is 2.14. The highest BCUT2D eigenvalue weighted by molar-refractivity contribution is 5.73. The topological polar surface area (TPSA) is 64.8 Å². The van der Waals surface area contributed by atoms with Crippen molar-refractivity contribution in [3.05, 3.63) is 57.8 Å². The van der Waals surface area contributed by atoms with Gasteiger partial charge in [-0.15, -0.1) is 0 Å². The average Bonchev–Trinajstić information content (AvgIpc) is 2.41. The number of pyridine rings is 1. The lowest BCUT2D eigenvalue weighted by molar-refractivity contribution is 0.112. The van der Waals surface area contributed by atoms with Gasteiger partial charge in [0.05, 0.1) is 5.56 Å². The van der Waals surface area contributed by atoms with Crippen LogP contribution in [0.5, 0.6) is 0 Å². The van der Waals surface area contributed by atoms with Crippen molar-refractivity contribution in [2.45, 2.75) is 12.8 Å². The first-order valence-electron chi connectivity index (χ1n) is 5.71. The van der Waals surface area contributed by atoms with Crippen LogP contribution in [0.15, 0.2) is 29.5 Å². The molecule has 98 valence electrons. The van der Waals surface area contributed by atoms with Gasteiger partial charge in [-0.1, -0.05) is 0 Å². The third-order valence-electron chi connectivity index (χ3n) is 2.70. The highest BCUT2D eigenvalue weighted by Crippen LogP contribution is 2.02. The lowest BCUT2D eigenvalue weighted by atomic mass is 10.1. The molecule has 0 spiro atoms. The molecule has 0 aliphatic carbocycles. The molecule has 6 heteroatoms. The lowest BCUT2D eigenvalue weighted by Crippen LogP contribution is -2.21. The van der Waals surface area contributed by atoms with E-state index in [1.807, 2.05) is 0 Å². The molecule has 0 saturated carbocycles. The molecule has 0 unspecified atom stereocenters. The lowest BCUT2D eigenvalue weighted by Gasteiger charge is -2.03. The van der Waals surface area contributed by atoms with Crippen LogP contribution >= 0.6 is 0 Å². The highest BCUT2D eigenvalue weighted by atomic mass is 19.1. The van der Waals surface area contributed by atoms with Crippen molar-refractivity contribution in [2.24, 2.45) is 7.05 Å². The molecular formula is C13H12FN3O2. The fraction of sp³-hybridized carbons (Fsp3) is 0.231. The van der Waals surface area contributed by atoms with Gasteiger partial charge in [0.25, 0.3) is 5.56 Å². The maximum Gasteiger partial charge on any atom is 0.253 e. The van der Waals surface area contributed by atoms with Crippen LogP contribution in [0, 0.1) is 5.82 Å². The number of nitrogens with zero attached hydrogens (tertiary/aromatic N) is 3. The normalized spacial score (nSPS) is 10.4. The summed E-state index contributed by atoms with van der Waals surface area (Å²) in [4.78, 5) is 30.2. The number of hydrogen-bond acceptors (Lipinski definition) is 4. The van der Waals surface area contributed by atoms with Gasteiger partial charge in [0.15, 0.2) is 6.29 Å². The molecule has 0 aliphatic rings. The smallest absolute Gasteiger partial charge is 0.253 e. The Morgan fingerprint density at radius 2 is 2.00 bits per heavy atom. The van der Waals surface area contributed by atoms with Crippen molar-refractivity contribution >= 4 is 6.29 Å². The third-order valence-corrected chi connectivity index (χ3v) is 2.70. The van der Waals surface area contributed by atoms with E-state index in [0.717, 1.165) is 6.20 Å². The summed E-state index contributed by atoms with van der Waals surface area (Å²) in [7, 11) is 1.50. The number of aldehydes is 1. The zero-order valence-corrected chi connectivity index (χ0v) is 10.3. The van der Waals surface area contributed by atoms with Crippen LogP contribution in [0.1, 0.15) is 21.7 Å². The number of aryl methyl sites for hydroxylation is 3. The molecule has 0 radical (unpaired) electrons. The first-order valence-corrected chi connectivity index (χ1v) is 5.71. The van der Waals surface area contributed by atoms with Crippen LogP contribution in [0.3, 0.4) is 0 Å². The Bertz CT molecular complexity index is 650. The summed E-state index contributed by atoms with van der Waals surface area (Å²) in [6.45, 7) is 0. The van der Waals surface area contributed by atoms with E-state index in [0.29, 0.717) is 36.1 Å². The summed E-state index contributed by atoms with van der Waals surface area (Å²) >= 11 is 0. The number of carbonyl (C=O) groups is 1. The summed E-state index contributed by atoms with van der Waals surface area (Å²) in [5, 5.41) is 0. The molecule has 0 aromatic carbocycles. The van der Waals surface area contributed by atoms with Gasteiger partial charge in [-0.05, 0) is 12.5 Å². The average molecular weight is 261 g/mol. The molecule has 2 aromatic heterocycles. The number of halogens is 1. The van der Waals surface area contributed by atoms with E-state index in [1.165, 1.54) is 30.1 Å². The van der Waals surface area contributed by atoms with Crippen LogP contribution in [0.2, 0.25) is 0 Å². The summed E-state index contributed by atoms with van der Waals surface area (Å²) in [6.07, 6.45) is 5.40. The zero-order chi connectivity index (χ0) is 13.8. The van der Waals surface area contributed by atoms with Crippen LogP contribution in [-0.4, -0.2) is 20.8 Å². The fourth-order valence-electron chi connectivity index (χ4n) is 1.72. The van der Waals surface area contributed by atoms with Gasteiger partial charge in [-0.2, -0.15) is 0 Å². The van der Waals surface area contributed by atoms with Gasteiger partial charge in [0, 0.05) is 37.6 Å². The number of rotatable bonds is 4. The second kappa shape index (κ2) is 5.51. The Kier molecular flexibility index (Phi) is 3.79. The van der Waals surface area contributed by atoms with Crippen LogP contribution in [0.4, 0.5) is 4.39 Å². The van der Waals surface area contributed by atoms with Crippen LogP contribution < -0.4 is 5.56 Å². The van der Waals surface area contributed by atoms with Crippen molar-refractivity contribution in [1.82, 2.24) is 14.5 Å². The predicted octanol–water partition coefficient (Wildman–Crippen LogP) is 0.912. The Hall–Kier alpha value is -2.37. The number of carbonyl (C=O) groups excluding carboxylic acids is 1. The maximum absolute atomic E-state index is 13.2. The minimum absolute atomic E-state index is 0.231. The second-order valence-corrected chi connectivity index (χ2v) is 4.15. The molecule has 2 aromatic rings. The second-order valence-electron chi connectivity index (χ2n) is 4.15. The summed E-state index contributed by atoms with van der Waals surface area (Å²) in [6, 6.07) is 1.22. The first-order chi connectivity index (χ1) is 9.10. The molecule has 19 heavy (non-hydrogen) atoms. The van der Waals surface area contributed by atoms with Crippen LogP contribution in [0.25, 0.3) is 0 Å². The van der Waals surface area contributed by atoms with Gasteiger partial charge in [-0.25, -0.2) is 14.4 Å². The van der Waals surface area contributed by atoms with Crippen molar-refractivity contribution in [3.8, 4) is 0 Å². The fourth-order valence-corrected chi connectivity index (χ4v) is 1.72. The molecule has 2 heterocycles. The highest BCUT2D eigenvalue weighted by Gasteiger charge is 2.06. The van der Waals surface area contributed by atoms with Crippen molar-refractivity contribution < 1.29 is 9.18 Å². The monoisotopic (exact) mass is 261 g/mol. The van der Waals surface area contributed by atoms with E-state index in [9.17, 15) is 14.0 Å². The third kappa shape index (κ3) is 3.09. The van der Waals surface area contributed by atoms with Gasteiger partial charge >= 0.3 is 0 Å². The Morgan fingerprint density at radius 1 is 1.32 bits per heavy atom. The van der Waals surface area contributed by atoms with Gasteiger partial charge in [-0.3, -0.25) is 9.59 Å².